The van der Waals surface area contributed by atoms with Crippen molar-refractivity contribution < 1.29 is 14.3 Å². The van der Waals surface area contributed by atoms with Crippen molar-refractivity contribution in [3.8, 4) is 5.75 Å². The third-order valence-electron chi connectivity index (χ3n) is 1.76. The van der Waals surface area contributed by atoms with Crippen LogP contribution in [-0.2, 0) is 6.42 Å². The summed E-state index contributed by atoms with van der Waals surface area (Å²) in [5, 5.41) is 9.10. The predicted molar refractivity (Wildman–Crippen MR) is 42.8 cm³/mol. The molecule has 0 heterocycles. The molecule has 0 atom stereocenters. The topological polar surface area (TPSA) is 37.3 Å². The maximum absolute atomic E-state index is 12.7. The van der Waals surface area contributed by atoms with Gasteiger partial charge in [-0.3, -0.25) is 4.79 Å². The van der Waals surface area contributed by atoms with Gasteiger partial charge in [-0.15, -0.1) is 0 Å². The fourth-order valence-electron chi connectivity index (χ4n) is 1.06. The first-order valence-corrected chi connectivity index (χ1v) is 3.66. The molecule has 0 aromatic heterocycles. The Balaban J connectivity index is 3.35. The molecule has 2 nitrogen and oxygen atoms in total. The fourth-order valence-corrected chi connectivity index (χ4v) is 1.06. The lowest BCUT2D eigenvalue weighted by Gasteiger charge is -2.03. The van der Waals surface area contributed by atoms with Gasteiger partial charge in [0.1, 0.15) is 0 Å². The molecule has 3 heteroatoms. The van der Waals surface area contributed by atoms with Crippen LogP contribution >= 0.6 is 0 Å². The highest BCUT2D eigenvalue weighted by molar-refractivity contribution is 5.81. The van der Waals surface area contributed by atoms with Gasteiger partial charge < -0.3 is 5.11 Å². The second-order valence-electron chi connectivity index (χ2n) is 2.44. The molecule has 1 rings (SSSR count). The van der Waals surface area contributed by atoms with Gasteiger partial charge in [0.25, 0.3) is 0 Å². The second-order valence-corrected chi connectivity index (χ2v) is 2.44. The van der Waals surface area contributed by atoms with Crippen LogP contribution in [-0.4, -0.2) is 11.4 Å². The van der Waals surface area contributed by atoms with Gasteiger partial charge in [-0.1, -0.05) is 13.0 Å². The molecule has 64 valence electrons. The number of rotatable bonds is 2. The standard InChI is InChI=1S/C9H9FO2/c1-2-6-3-4-8(10)9(12)7(6)5-11/h3-5,12H,2H2,1H3. The number of phenolic OH excluding ortho intramolecular Hbond substituents is 1. The van der Waals surface area contributed by atoms with E-state index in [1.807, 2.05) is 6.92 Å². The lowest BCUT2D eigenvalue weighted by atomic mass is 10.1. The van der Waals surface area contributed by atoms with E-state index in [0.717, 1.165) is 6.07 Å². The highest BCUT2D eigenvalue weighted by Crippen LogP contribution is 2.23. The van der Waals surface area contributed by atoms with E-state index < -0.39 is 11.6 Å². The molecule has 1 aromatic carbocycles. The van der Waals surface area contributed by atoms with E-state index in [1.54, 1.807) is 0 Å². The quantitative estimate of drug-likeness (QED) is 0.685. The summed E-state index contributed by atoms with van der Waals surface area (Å²) in [6.07, 6.45) is 1.07. The van der Waals surface area contributed by atoms with Crippen molar-refractivity contribution in [2.45, 2.75) is 13.3 Å². The predicted octanol–water partition coefficient (Wildman–Crippen LogP) is 1.91. The highest BCUT2D eigenvalue weighted by Gasteiger charge is 2.09. The van der Waals surface area contributed by atoms with E-state index in [0.29, 0.717) is 18.3 Å². The van der Waals surface area contributed by atoms with Crippen molar-refractivity contribution >= 4 is 6.29 Å². The van der Waals surface area contributed by atoms with Crippen molar-refractivity contribution in [2.75, 3.05) is 0 Å². The van der Waals surface area contributed by atoms with E-state index in [-0.39, 0.29) is 5.56 Å². The van der Waals surface area contributed by atoms with Crippen LogP contribution in [0.5, 0.6) is 5.75 Å². The maximum Gasteiger partial charge on any atom is 0.165 e. The van der Waals surface area contributed by atoms with Crippen molar-refractivity contribution in [2.24, 2.45) is 0 Å². The second kappa shape index (κ2) is 3.34. The summed E-state index contributed by atoms with van der Waals surface area (Å²) in [5.41, 5.74) is 0.710. The van der Waals surface area contributed by atoms with E-state index in [2.05, 4.69) is 0 Å². The molecule has 12 heavy (non-hydrogen) atoms. The summed E-state index contributed by atoms with van der Waals surface area (Å²) in [6, 6.07) is 2.65. The third-order valence-corrected chi connectivity index (χ3v) is 1.76. The monoisotopic (exact) mass is 168 g/mol. The van der Waals surface area contributed by atoms with Crippen LogP contribution in [0.15, 0.2) is 12.1 Å². The number of halogens is 1. The molecule has 0 aliphatic heterocycles. The number of benzene rings is 1. The number of carbonyl (C=O) groups excluding carboxylic acids is 1. The average Bonchev–Trinajstić information content (AvgIpc) is 2.09. The Kier molecular flexibility index (Phi) is 2.43. The van der Waals surface area contributed by atoms with Crippen molar-refractivity contribution in [3.05, 3.63) is 29.1 Å². The number of hydrogen-bond donors (Lipinski definition) is 1. The molecule has 0 radical (unpaired) electrons. The molecule has 0 aliphatic rings. The molecule has 0 fully saturated rings. The van der Waals surface area contributed by atoms with Gasteiger partial charge in [0, 0.05) is 0 Å². The number of hydrogen-bond acceptors (Lipinski definition) is 2. The van der Waals surface area contributed by atoms with E-state index in [4.69, 9.17) is 5.11 Å². The zero-order chi connectivity index (χ0) is 9.14. The summed E-state index contributed by atoms with van der Waals surface area (Å²) >= 11 is 0. The van der Waals surface area contributed by atoms with Gasteiger partial charge in [0.05, 0.1) is 5.56 Å². The molecular weight excluding hydrogens is 159 g/mol. The van der Waals surface area contributed by atoms with Crippen molar-refractivity contribution in [3.63, 3.8) is 0 Å². The van der Waals surface area contributed by atoms with E-state index in [1.165, 1.54) is 6.07 Å². The van der Waals surface area contributed by atoms with Gasteiger partial charge in [-0.2, -0.15) is 0 Å². The first kappa shape index (κ1) is 8.71. The molecule has 1 N–H and O–H groups in total. The van der Waals surface area contributed by atoms with Crippen LogP contribution in [0, 0.1) is 5.82 Å². The molecule has 0 saturated carbocycles. The number of aryl methyl sites for hydroxylation is 1. The lowest BCUT2D eigenvalue weighted by molar-refractivity contribution is 0.111. The minimum atomic E-state index is -0.755. The average molecular weight is 168 g/mol. The van der Waals surface area contributed by atoms with Gasteiger partial charge in [-0.25, -0.2) is 4.39 Å². The SMILES string of the molecule is CCc1ccc(F)c(O)c1C=O. The summed E-state index contributed by atoms with van der Waals surface area (Å²) < 4.78 is 12.7. The van der Waals surface area contributed by atoms with Crippen LogP contribution in [0.25, 0.3) is 0 Å². The zero-order valence-corrected chi connectivity index (χ0v) is 6.67. The molecule has 0 amide bonds. The Bertz CT molecular complexity index is 308. The summed E-state index contributed by atoms with van der Waals surface area (Å²) in [4.78, 5) is 10.4. The number of phenols is 1. The van der Waals surface area contributed by atoms with Crippen LogP contribution in [0.4, 0.5) is 4.39 Å². The fraction of sp³-hybridized carbons (Fsp3) is 0.222. The zero-order valence-electron chi connectivity index (χ0n) is 6.67. The van der Waals surface area contributed by atoms with Crippen LogP contribution in [0.1, 0.15) is 22.8 Å². The Morgan fingerprint density at radius 3 is 2.75 bits per heavy atom. The Hall–Kier alpha value is -1.38. The molecule has 0 bridgehead atoms. The Morgan fingerprint density at radius 1 is 1.58 bits per heavy atom. The first-order valence-electron chi connectivity index (χ1n) is 3.66. The maximum atomic E-state index is 12.7. The third kappa shape index (κ3) is 1.30. The highest BCUT2D eigenvalue weighted by atomic mass is 19.1. The van der Waals surface area contributed by atoms with E-state index in [9.17, 15) is 9.18 Å². The minimum absolute atomic E-state index is 0.0532. The molecule has 0 spiro atoms. The minimum Gasteiger partial charge on any atom is -0.504 e. The molecule has 0 aliphatic carbocycles. The summed E-state index contributed by atoms with van der Waals surface area (Å²) in [7, 11) is 0. The van der Waals surface area contributed by atoms with Gasteiger partial charge in [-0.05, 0) is 18.1 Å². The Labute approximate surface area is 69.6 Å². The van der Waals surface area contributed by atoms with Gasteiger partial charge in [0.15, 0.2) is 17.9 Å². The lowest BCUT2D eigenvalue weighted by Crippen LogP contribution is -1.93. The van der Waals surface area contributed by atoms with Crippen LogP contribution in [0.3, 0.4) is 0 Å². The first-order chi connectivity index (χ1) is 5.70. The van der Waals surface area contributed by atoms with Crippen LogP contribution < -0.4 is 0 Å². The number of aldehydes is 1. The number of carbonyl (C=O) groups is 1. The normalized spacial score (nSPS) is 9.83. The van der Waals surface area contributed by atoms with Crippen molar-refractivity contribution in [1.29, 1.82) is 0 Å². The van der Waals surface area contributed by atoms with Crippen molar-refractivity contribution in [1.82, 2.24) is 0 Å². The molecule has 0 unspecified atom stereocenters. The van der Waals surface area contributed by atoms with Gasteiger partial charge >= 0.3 is 0 Å². The van der Waals surface area contributed by atoms with Crippen LogP contribution in [0.2, 0.25) is 0 Å². The summed E-state index contributed by atoms with van der Waals surface area (Å²) in [6.45, 7) is 1.83. The Morgan fingerprint density at radius 2 is 2.25 bits per heavy atom. The smallest absolute Gasteiger partial charge is 0.165 e. The summed E-state index contributed by atoms with van der Waals surface area (Å²) in [5.74, 6) is -1.31. The molecular formula is C9H9FO2. The largest absolute Gasteiger partial charge is 0.504 e. The molecule has 0 saturated heterocycles. The number of aromatic hydroxyl groups is 1. The molecule has 1 aromatic rings. The van der Waals surface area contributed by atoms with E-state index >= 15 is 0 Å². The van der Waals surface area contributed by atoms with Gasteiger partial charge in [0.2, 0.25) is 0 Å².